The first-order valence-corrected chi connectivity index (χ1v) is 6.91. The van der Waals surface area contributed by atoms with Gasteiger partial charge in [0, 0.05) is 11.9 Å². The fourth-order valence-electron chi connectivity index (χ4n) is 2.37. The lowest BCUT2D eigenvalue weighted by molar-refractivity contribution is 0.0765. The molecule has 1 aliphatic carbocycles. The molecule has 0 atom stereocenters. The molecule has 0 saturated heterocycles. The predicted octanol–water partition coefficient (Wildman–Crippen LogP) is 1.41. The summed E-state index contributed by atoms with van der Waals surface area (Å²) in [6.07, 6.45) is 7.62. The molecule has 1 amide bonds. The standard InChI is InChI=1S/C16H15N3O2/c1-2-9-19(10-11-7-8-11)16(21)14-12-5-3-4-6-13(12)15(20)18-17-14/h1,3-6,11H,7-10H2,(H,18,20). The zero-order valence-corrected chi connectivity index (χ0v) is 11.5. The number of carbonyl (C=O) groups excluding carboxylic acids is 1. The van der Waals surface area contributed by atoms with E-state index in [9.17, 15) is 9.59 Å². The average Bonchev–Trinajstić information content (AvgIpc) is 3.31. The molecule has 1 heterocycles. The number of fused-ring (bicyclic) bond motifs is 1. The summed E-state index contributed by atoms with van der Waals surface area (Å²) in [4.78, 5) is 26.1. The van der Waals surface area contributed by atoms with Gasteiger partial charge in [0.1, 0.15) is 0 Å². The van der Waals surface area contributed by atoms with Crippen molar-refractivity contribution in [3.63, 3.8) is 0 Å². The topological polar surface area (TPSA) is 66.1 Å². The molecule has 0 unspecified atom stereocenters. The molecule has 1 aromatic carbocycles. The highest BCUT2D eigenvalue weighted by Crippen LogP contribution is 2.30. The van der Waals surface area contributed by atoms with Gasteiger partial charge in [-0.15, -0.1) is 6.42 Å². The quantitative estimate of drug-likeness (QED) is 0.862. The van der Waals surface area contributed by atoms with E-state index in [0.29, 0.717) is 23.2 Å². The van der Waals surface area contributed by atoms with Crippen LogP contribution in [0, 0.1) is 18.3 Å². The number of H-pyrrole nitrogens is 1. The summed E-state index contributed by atoms with van der Waals surface area (Å²) < 4.78 is 0. The van der Waals surface area contributed by atoms with Crippen LogP contribution in [0.5, 0.6) is 0 Å². The number of aromatic nitrogens is 2. The third kappa shape index (κ3) is 2.65. The van der Waals surface area contributed by atoms with Gasteiger partial charge >= 0.3 is 0 Å². The molecule has 21 heavy (non-hydrogen) atoms. The monoisotopic (exact) mass is 281 g/mol. The predicted molar refractivity (Wildman–Crippen MR) is 79.8 cm³/mol. The van der Waals surface area contributed by atoms with Gasteiger partial charge < -0.3 is 4.90 Å². The van der Waals surface area contributed by atoms with E-state index in [-0.39, 0.29) is 23.7 Å². The van der Waals surface area contributed by atoms with Crippen molar-refractivity contribution < 1.29 is 4.79 Å². The van der Waals surface area contributed by atoms with Crippen molar-refractivity contribution in [3.8, 4) is 12.3 Å². The Morgan fingerprint density at radius 1 is 1.38 bits per heavy atom. The summed E-state index contributed by atoms with van der Waals surface area (Å²) in [5, 5.41) is 7.35. The summed E-state index contributed by atoms with van der Waals surface area (Å²) in [7, 11) is 0. The molecule has 5 heteroatoms. The minimum Gasteiger partial charge on any atom is -0.326 e. The number of benzene rings is 1. The molecule has 0 spiro atoms. The molecule has 1 saturated carbocycles. The van der Waals surface area contributed by atoms with Crippen LogP contribution in [0.2, 0.25) is 0 Å². The Kier molecular flexibility index (Phi) is 3.44. The van der Waals surface area contributed by atoms with Crippen molar-refractivity contribution in [3.05, 3.63) is 40.3 Å². The van der Waals surface area contributed by atoms with E-state index in [2.05, 4.69) is 16.1 Å². The van der Waals surface area contributed by atoms with Gasteiger partial charge in [0.15, 0.2) is 5.69 Å². The van der Waals surface area contributed by atoms with E-state index in [4.69, 9.17) is 6.42 Å². The van der Waals surface area contributed by atoms with Gasteiger partial charge in [0.2, 0.25) is 0 Å². The molecule has 5 nitrogen and oxygen atoms in total. The number of hydrogen-bond acceptors (Lipinski definition) is 3. The Morgan fingerprint density at radius 3 is 2.76 bits per heavy atom. The number of carbonyl (C=O) groups is 1. The van der Waals surface area contributed by atoms with Gasteiger partial charge in [0.05, 0.1) is 11.9 Å². The van der Waals surface area contributed by atoms with Crippen molar-refractivity contribution in [2.45, 2.75) is 12.8 Å². The van der Waals surface area contributed by atoms with E-state index < -0.39 is 0 Å². The maximum atomic E-state index is 12.7. The molecule has 2 aromatic rings. The lowest BCUT2D eigenvalue weighted by Gasteiger charge is -2.20. The highest BCUT2D eigenvalue weighted by molar-refractivity contribution is 6.04. The van der Waals surface area contributed by atoms with Gasteiger partial charge in [-0.2, -0.15) is 5.10 Å². The third-order valence-electron chi connectivity index (χ3n) is 3.64. The van der Waals surface area contributed by atoms with E-state index in [0.717, 1.165) is 12.8 Å². The van der Waals surface area contributed by atoms with E-state index in [1.807, 2.05) is 0 Å². The van der Waals surface area contributed by atoms with Crippen LogP contribution in [-0.2, 0) is 0 Å². The number of rotatable bonds is 4. The molecule has 1 N–H and O–H groups in total. The Hall–Kier alpha value is -2.61. The maximum Gasteiger partial charge on any atom is 0.275 e. The number of aromatic amines is 1. The van der Waals surface area contributed by atoms with Crippen molar-refractivity contribution in [1.29, 1.82) is 0 Å². The summed E-state index contributed by atoms with van der Waals surface area (Å²) in [6, 6.07) is 6.96. The smallest absolute Gasteiger partial charge is 0.275 e. The zero-order chi connectivity index (χ0) is 14.8. The summed E-state index contributed by atoms with van der Waals surface area (Å²) in [5.41, 5.74) is -0.0473. The second-order valence-electron chi connectivity index (χ2n) is 5.28. The minimum atomic E-state index is -0.298. The molecule has 0 aliphatic heterocycles. The molecule has 1 aromatic heterocycles. The molecule has 106 valence electrons. The molecule has 1 fully saturated rings. The first-order valence-electron chi connectivity index (χ1n) is 6.91. The summed E-state index contributed by atoms with van der Waals surface area (Å²) in [6.45, 7) is 0.905. The average molecular weight is 281 g/mol. The Morgan fingerprint density at radius 2 is 2.10 bits per heavy atom. The molecular formula is C16H15N3O2. The highest BCUT2D eigenvalue weighted by Gasteiger charge is 2.28. The van der Waals surface area contributed by atoms with Crippen LogP contribution < -0.4 is 5.56 Å². The van der Waals surface area contributed by atoms with Gasteiger partial charge in [-0.3, -0.25) is 9.59 Å². The Bertz CT molecular complexity index is 784. The van der Waals surface area contributed by atoms with Crippen LogP contribution in [-0.4, -0.2) is 34.1 Å². The Labute approximate surface area is 122 Å². The molecule has 3 rings (SSSR count). The zero-order valence-electron chi connectivity index (χ0n) is 11.5. The molecular weight excluding hydrogens is 266 g/mol. The number of terminal acetylenes is 1. The van der Waals surface area contributed by atoms with Crippen molar-refractivity contribution in [2.24, 2.45) is 5.92 Å². The SMILES string of the molecule is C#CCN(CC1CC1)C(=O)c1n[nH]c(=O)c2ccccc12. The molecule has 0 bridgehead atoms. The van der Waals surface area contributed by atoms with Crippen LogP contribution in [0.25, 0.3) is 10.8 Å². The molecule has 1 aliphatic rings. The van der Waals surface area contributed by atoms with Crippen molar-refractivity contribution in [1.82, 2.24) is 15.1 Å². The number of nitrogens with one attached hydrogen (secondary N) is 1. The lowest BCUT2D eigenvalue weighted by Crippen LogP contribution is -2.34. The third-order valence-corrected chi connectivity index (χ3v) is 3.64. The first-order chi connectivity index (χ1) is 10.2. The largest absolute Gasteiger partial charge is 0.326 e. The van der Waals surface area contributed by atoms with E-state index >= 15 is 0 Å². The second-order valence-corrected chi connectivity index (χ2v) is 5.28. The van der Waals surface area contributed by atoms with E-state index in [1.165, 1.54) is 0 Å². The highest BCUT2D eigenvalue weighted by atomic mass is 16.2. The summed E-state index contributed by atoms with van der Waals surface area (Å²) in [5.74, 6) is 2.83. The van der Waals surface area contributed by atoms with Gasteiger partial charge in [0.25, 0.3) is 11.5 Å². The fourth-order valence-corrected chi connectivity index (χ4v) is 2.37. The lowest BCUT2D eigenvalue weighted by atomic mass is 10.1. The van der Waals surface area contributed by atoms with Crippen molar-refractivity contribution >= 4 is 16.7 Å². The van der Waals surface area contributed by atoms with Crippen LogP contribution in [0.1, 0.15) is 23.3 Å². The van der Waals surface area contributed by atoms with Gasteiger partial charge in [-0.25, -0.2) is 5.10 Å². The number of hydrogen-bond donors (Lipinski definition) is 1. The normalized spacial score (nSPS) is 13.9. The number of nitrogens with zero attached hydrogens (tertiary/aromatic N) is 2. The van der Waals surface area contributed by atoms with Crippen LogP contribution in [0.15, 0.2) is 29.1 Å². The van der Waals surface area contributed by atoms with Crippen molar-refractivity contribution in [2.75, 3.05) is 13.1 Å². The maximum absolute atomic E-state index is 12.7. The first kappa shape index (κ1) is 13.4. The Balaban J connectivity index is 2.02. The minimum absolute atomic E-state index is 0.229. The summed E-state index contributed by atoms with van der Waals surface area (Å²) >= 11 is 0. The van der Waals surface area contributed by atoms with Crippen LogP contribution in [0.3, 0.4) is 0 Å². The number of amides is 1. The second kappa shape index (κ2) is 5.41. The fraction of sp³-hybridized carbons (Fsp3) is 0.312. The van der Waals surface area contributed by atoms with E-state index in [1.54, 1.807) is 29.2 Å². The van der Waals surface area contributed by atoms with Crippen LogP contribution in [0.4, 0.5) is 0 Å². The van der Waals surface area contributed by atoms with Gasteiger partial charge in [-0.05, 0) is 24.8 Å². The van der Waals surface area contributed by atoms with Crippen LogP contribution >= 0.6 is 0 Å². The van der Waals surface area contributed by atoms with Gasteiger partial charge in [-0.1, -0.05) is 24.1 Å². The molecule has 0 radical (unpaired) electrons.